The summed E-state index contributed by atoms with van der Waals surface area (Å²) < 4.78 is 10.5. The van der Waals surface area contributed by atoms with E-state index in [1.54, 1.807) is 14.2 Å². The maximum absolute atomic E-state index is 11.8. The Bertz CT molecular complexity index is 690. The molecule has 0 aromatic heterocycles. The average Bonchev–Trinajstić information content (AvgIpc) is 2.63. The van der Waals surface area contributed by atoms with Crippen LogP contribution in [0.15, 0.2) is 42.5 Å². The molecule has 0 saturated carbocycles. The Morgan fingerprint density at radius 3 is 2.04 bits per heavy atom. The van der Waals surface area contributed by atoms with Gasteiger partial charge in [-0.05, 0) is 48.2 Å². The standard InChI is InChI=1S/C19H23ClN2O3/c1-24-17-8-5-15(13-18(17)25-2)10-12-22-19(23)21-11-9-14-3-6-16(20)7-4-14/h3-8,13H,9-12H2,1-2H3,(H2,21,22,23). The lowest BCUT2D eigenvalue weighted by atomic mass is 10.1. The Balaban J connectivity index is 1.69. The molecule has 25 heavy (non-hydrogen) atoms. The summed E-state index contributed by atoms with van der Waals surface area (Å²) in [6, 6.07) is 13.2. The van der Waals surface area contributed by atoms with E-state index in [2.05, 4.69) is 10.6 Å². The molecule has 0 atom stereocenters. The summed E-state index contributed by atoms with van der Waals surface area (Å²) in [7, 11) is 3.21. The fourth-order valence-corrected chi connectivity index (χ4v) is 2.52. The molecule has 0 spiro atoms. The summed E-state index contributed by atoms with van der Waals surface area (Å²) in [5.41, 5.74) is 2.20. The molecule has 0 aliphatic rings. The van der Waals surface area contributed by atoms with Gasteiger partial charge in [-0.1, -0.05) is 29.8 Å². The van der Waals surface area contributed by atoms with E-state index in [0.29, 0.717) is 36.0 Å². The molecule has 0 aliphatic carbocycles. The normalized spacial score (nSPS) is 10.2. The van der Waals surface area contributed by atoms with Crippen LogP contribution in [0.3, 0.4) is 0 Å². The first kappa shape index (κ1) is 18.9. The van der Waals surface area contributed by atoms with Crippen molar-refractivity contribution in [1.29, 1.82) is 0 Å². The second kappa shape index (κ2) is 9.79. The van der Waals surface area contributed by atoms with Gasteiger partial charge in [-0.3, -0.25) is 0 Å². The highest BCUT2D eigenvalue weighted by atomic mass is 35.5. The highest BCUT2D eigenvalue weighted by molar-refractivity contribution is 6.30. The van der Waals surface area contributed by atoms with Crippen molar-refractivity contribution >= 4 is 17.6 Å². The third kappa shape index (κ3) is 6.19. The number of rotatable bonds is 8. The number of hydrogen-bond acceptors (Lipinski definition) is 3. The maximum atomic E-state index is 11.8. The van der Waals surface area contributed by atoms with Crippen LogP contribution in [-0.2, 0) is 12.8 Å². The summed E-state index contributed by atoms with van der Waals surface area (Å²) in [6.45, 7) is 1.12. The summed E-state index contributed by atoms with van der Waals surface area (Å²) in [5.74, 6) is 1.38. The molecule has 0 saturated heterocycles. The van der Waals surface area contributed by atoms with Crippen molar-refractivity contribution < 1.29 is 14.3 Å². The van der Waals surface area contributed by atoms with Gasteiger partial charge in [0.15, 0.2) is 11.5 Å². The first-order valence-electron chi connectivity index (χ1n) is 8.09. The molecule has 2 amide bonds. The van der Waals surface area contributed by atoms with E-state index in [4.69, 9.17) is 21.1 Å². The number of ether oxygens (including phenoxy) is 2. The summed E-state index contributed by atoms with van der Waals surface area (Å²) in [4.78, 5) is 11.8. The Hall–Kier alpha value is -2.40. The molecule has 2 rings (SSSR count). The summed E-state index contributed by atoms with van der Waals surface area (Å²) in [6.07, 6.45) is 1.48. The summed E-state index contributed by atoms with van der Waals surface area (Å²) >= 11 is 5.85. The van der Waals surface area contributed by atoms with Gasteiger partial charge in [-0.2, -0.15) is 0 Å². The lowest BCUT2D eigenvalue weighted by Crippen LogP contribution is -2.37. The molecule has 0 heterocycles. The molecule has 2 aromatic carbocycles. The van der Waals surface area contributed by atoms with E-state index < -0.39 is 0 Å². The number of halogens is 1. The van der Waals surface area contributed by atoms with Gasteiger partial charge in [0.2, 0.25) is 0 Å². The second-order valence-electron chi connectivity index (χ2n) is 5.50. The van der Waals surface area contributed by atoms with Crippen molar-refractivity contribution in [2.75, 3.05) is 27.3 Å². The van der Waals surface area contributed by atoms with Gasteiger partial charge >= 0.3 is 6.03 Å². The Morgan fingerprint density at radius 1 is 0.880 bits per heavy atom. The van der Waals surface area contributed by atoms with E-state index in [1.165, 1.54) is 0 Å². The van der Waals surface area contributed by atoms with Crippen LogP contribution in [0.2, 0.25) is 5.02 Å². The van der Waals surface area contributed by atoms with Gasteiger partial charge in [0, 0.05) is 18.1 Å². The highest BCUT2D eigenvalue weighted by Gasteiger charge is 2.05. The number of methoxy groups -OCH3 is 2. The van der Waals surface area contributed by atoms with E-state index in [0.717, 1.165) is 17.5 Å². The number of amides is 2. The number of nitrogens with one attached hydrogen (secondary N) is 2. The minimum absolute atomic E-state index is 0.172. The zero-order valence-electron chi connectivity index (χ0n) is 14.5. The van der Waals surface area contributed by atoms with Crippen molar-refractivity contribution in [1.82, 2.24) is 10.6 Å². The smallest absolute Gasteiger partial charge is 0.314 e. The third-order valence-corrected chi connectivity index (χ3v) is 4.01. The average molecular weight is 363 g/mol. The molecule has 6 heteroatoms. The Labute approximate surface area is 153 Å². The molecule has 0 aliphatic heterocycles. The fourth-order valence-electron chi connectivity index (χ4n) is 2.39. The van der Waals surface area contributed by atoms with E-state index in [9.17, 15) is 4.79 Å². The first-order valence-corrected chi connectivity index (χ1v) is 8.47. The molecular weight excluding hydrogens is 340 g/mol. The largest absolute Gasteiger partial charge is 0.493 e. The summed E-state index contributed by atoms with van der Waals surface area (Å²) in [5, 5.41) is 6.41. The highest BCUT2D eigenvalue weighted by Crippen LogP contribution is 2.27. The van der Waals surface area contributed by atoms with Crippen LogP contribution in [0.1, 0.15) is 11.1 Å². The van der Waals surface area contributed by atoms with Crippen molar-refractivity contribution in [2.24, 2.45) is 0 Å². The lowest BCUT2D eigenvalue weighted by molar-refractivity contribution is 0.241. The third-order valence-electron chi connectivity index (χ3n) is 3.76. The lowest BCUT2D eigenvalue weighted by Gasteiger charge is -2.10. The second-order valence-corrected chi connectivity index (χ2v) is 5.93. The van der Waals surface area contributed by atoms with Crippen molar-refractivity contribution in [3.63, 3.8) is 0 Å². The Kier molecular flexibility index (Phi) is 7.41. The van der Waals surface area contributed by atoms with Crippen LogP contribution in [0.5, 0.6) is 11.5 Å². The monoisotopic (exact) mass is 362 g/mol. The first-order chi connectivity index (χ1) is 12.1. The van der Waals surface area contributed by atoms with Crippen molar-refractivity contribution in [3.8, 4) is 11.5 Å². The SMILES string of the molecule is COc1ccc(CCNC(=O)NCCc2ccc(Cl)cc2)cc1OC. The van der Waals surface area contributed by atoms with E-state index in [1.807, 2.05) is 42.5 Å². The van der Waals surface area contributed by atoms with Crippen LogP contribution < -0.4 is 20.1 Å². The molecule has 0 unspecified atom stereocenters. The molecule has 2 aromatic rings. The molecule has 0 bridgehead atoms. The predicted octanol–water partition coefficient (Wildman–Crippen LogP) is 3.44. The molecule has 2 N–H and O–H groups in total. The fraction of sp³-hybridized carbons (Fsp3) is 0.316. The number of hydrogen-bond donors (Lipinski definition) is 2. The molecule has 0 fully saturated rings. The Morgan fingerprint density at radius 2 is 1.44 bits per heavy atom. The number of benzene rings is 2. The van der Waals surface area contributed by atoms with Gasteiger partial charge in [-0.15, -0.1) is 0 Å². The van der Waals surface area contributed by atoms with Gasteiger partial charge in [0.25, 0.3) is 0 Å². The van der Waals surface area contributed by atoms with Crippen LogP contribution >= 0.6 is 11.6 Å². The van der Waals surface area contributed by atoms with Crippen LogP contribution in [0, 0.1) is 0 Å². The van der Waals surface area contributed by atoms with Crippen LogP contribution in [0.25, 0.3) is 0 Å². The van der Waals surface area contributed by atoms with Gasteiger partial charge < -0.3 is 20.1 Å². The number of carbonyl (C=O) groups is 1. The van der Waals surface area contributed by atoms with Crippen molar-refractivity contribution in [2.45, 2.75) is 12.8 Å². The number of urea groups is 1. The van der Waals surface area contributed by atoms with Crippen LogP contribution in [0.4, 0.5) is 4.79 Å². The van der Waals surface area contributed by atoms with Crippen LogP contribution in [-0.4, -0.2) is 33.3 Å². The van der Waals surface area contributed by atoms with Gasteiger partial charge in [-0.25, -0.2) is 4.79 Å². The van der Waals surface area contributed by atoms with Gasteiger partial charge in [0.05, 0.1) is 14.2 Å². The quantitative estimate of drug-likeness (QED) is 0.756. The maximum Gasteiger partial charge on any atom is 0.314 e. The molecule has 5 nitrogen and oxygen atoms in total. The predicted molar refractivity (Wildman–Crippen MR) is 99.8 cm³/mol. The molecule has 134 valence electrons. The van der Waals surface area contributed by atoms with Crippen molar-refractivity contribution in [3.05, 3.63) is 58.6 Å². The number of carbonyl (C=O) groups excluding carboxylic acids is 1. The zero-order chi connectivity index (χ0) is 18.1. The van der Waals surface area contributed by atoms with E-state index >= 15 is 0 Å². The topological polar surface area (TPSA) is 59.6 Å². The molecule has 0 radical (unpaired) electrons. The minimum atomic E-state index is -0.172. The minimum Gasteiger partial charge on any atom is -0.493 e. The molecular formula is C19H23ClN2O3. The van der Waals surface area contributed by atoms with E-state index in [-0.39, 0.29) is 6.03 Å². The van der Waals surface area contributed by atoms with Gasteiger partial charge in [0.1, 0.15) is 0 Å². The zero-order valence-corrected chi connectivity index (χ0v) is 15.2.